The highest BCUT2D eigenvalue weighted by atomic mass is 16.7. The van der Waals surface area contributed by atoms with E-state index in [1.54, 1.807) is 97.2 Å². The summed E-state index contributed by atoms with van der Waals surface area (Å²) >= 11 is 0. The number of esters is 2. The van der Waals surface area contributed by atoms with Crippen molar-refractivity contribution in [3.8, 4) is 0 Å². The molecule has 2 amide bonds. The molecule has 0 aromatic heterocycles. The first-order valence-electron chi connectivity index (χ1n) is 33.0. The molecule has 5 unspecified atom stereocenters. The zero-order valence-electron chi connectivity index (χ0n) is 64.4. The number of aliphatic hydroxyl groups is 3. The highest BCUT2D eigenvalue weighted by molar-refractivity contribution is 5.91. The van der Waals surface area contributed by atoms with Crippen molar-refractivity contribution in [1.82, 2.24) is 15.5 Å². The lowest BCUT2D eigenvalue weighted by Crippen LogP contribution is -2.59. The number of rotatable bonds is 50. The van der Waals surface area contributed by atoms with Gasteiger partial charge in [0.15, 0.2) is 12.4 Å². The maximum atomic E-state index is 11.8. The van der Waals surface area contributed by atoms with Crippen LogP contribution in [0.25, 0.3) is 0 Å². The fourth-order valence-corrected chi connectivity index (χ4v) is 6.74. The molecule has 0 rings (SSSR count). The summed E-state index contributed by atoms with van der Waals surface area (Å²) in [6, 6.07) is -1.38. The maximum absolute atomic E-state index is 11.8. The van der Waals surface area contributed by atoms with Gasteiger partial charge in [-0.15, -0.1) is 6.58 Å². The number of nitrogens with zero attached hydrogens (tertiary/aromatic N) is 1. The lowest BCUT2D eigenvalue weighted by Gasteiger charge is -2.33. The van der Waals surface area contributed by atoms with Crippen molar-refractivity contribution in [1.29, 1.82) is 0 Å². The van der Waals surface area contributed by atoms with Gasteiger partial charge in [0.2, 0.25) is 17.4 Å². The predicted molar refractivity (Wildman–Crippen MR) is 371 cm³/mol. The molecule has 0 saturated heterocycles. The molecule has 0 aliphatic heterocycles. The van der Waals surface area contributed by atoms with Gasteiger partial charge in [0.05, 0.1) is 96.9 Å². The Morgan fingerprint density at radius 1 is 0.539 bits per heavy atom. The van der Waals surface area contributed by atoms with Gasteiger partial charge in [0.25, 0.3) is 0 Å². The summed E-state index contributed by atoms with van der Waals surface area (Å²) in [5.74, 6) is -11.0. The van der Waals surface area contributed by atoms with Crippen LogP contribution in [0.15, 0.2) is 12.7 Å². The molecule has 0 saturated carbocycles. The normalized spacial score (nSPS) is 12.7. The third kappa shape index (κ3) is 54.5. The Kier molecular flexibility index (Phi) is 69.0. The molecule has 102 heavy (non-hydrogen) atoms. The summed E-state index contributed by atoms with van der Waals surface area (Å²) in [5.41, 5.74) is -5.99. The van der Waals surface area contributed by atoms with Crippen molar-refractivity contribution in [3.63, 3.8) is 0 Å². The van der Waals surface area contributed by atoms with Gasteiger partial charge in [-0.3, -0.25) is 33.6 Å². The maximum Gasteiger partial charge on any atom is 0.349 e. The van der Waals surface area contributed by atoms with Crippen LogP contribution in [0.4, 0.5) is 0 Å². The van der Waals surface area contributed by atoms with Crippen molar-refractivity contribution in [2.24, 2.45) is 16.2 Å². The third-order valence-electron chi connectivity index (χ3n) is 14.8. The number of nitrogens with one attached hydrogen (secondary N) is 2. The molecule has 0 aliphatic rings. The molecule has 604 valence electrons. The van der Waals surface area contributed by atoms with Crippen molar-refractivity contribution >= 4 is 59.6 Å². The van der Waals surface area contributed by atoms with E-state index in [2.05, 4.69) is 50.2 Å². The van der Waals surface area contributed by atoms with Crippen molar-refractivity contribution in [3.05, 3.63) is 12.7 Å². The van der Waals surface area contributed by atoms with Crippen LogP contribution in [0.5, 0.6) is 0 Å². The molecular formula is C67H129N3O32. The summed E-state index contributed by atoms with van der Waals surface area (Å²) in [7, 11) is 12.7. The number of methoxy groups -OCH3 is 8. The highest BCUT2D eigenvalue weighted by Gasteiger charge is 2.47. The van der Waals surface area contributed by atoms with Gasteiger partial charge in [-0.05, 0) is 66.5 Å². The summed E-state index contributed by atoms with van der Waals surface area (Å²) in [6.07, 6.45) is -1.03. The standard InChI is InChI=1S/C16H24O10.C10H17NO5.C10H21NO4.C9H21NO2.C9H20O4.C8H16O3.C5H10O4/c1-4-15(2,3)14(24)25-7-5-6-12(21)26-16(13(22)23,8-10(17)18)9-11(19)20;1-4-10(2,3)9(16)11-6(8(14)15)5-7(12)13;1-4-9(2,3)8(15)11-10(5-12,6-13)7-14;1-5-10(6-2)7-9(12-4)8-11-3;1-5-12-9(13-6-2)8(11-4)7-10-3;1-4-5-11-7-8(10-3)6-9-2;1-8-3-4(9-2)5(6)7/h4-9H2,1-3H3,(H,17,18)(H,19,20)(H,22,23);6H,4-5H2,1-3H3,(H,11,16)(H,12,13)(H,14,15);12-14H,4-7H2,1-3H3,(H,11,15);9H,5-8H2,1-4H3;8-9H,5-7H2,1-4H3;4,8H,1,5-7H2,2-3H3;4H,3H2,1-2H3,(H,6,7). The topological polar surface area (TPSA) is 500 Å². The molecule has 0 aliphatic carbocycles. The van der Waals surface area contributed by atoms with Crippen LogP contribution in [-0.4, -0.2) is 314 Å². The van der Waals surface area contributed by atoms with E-state index in [1.165, 1.54) is 14.2 Å². The summed E-state index contributed by atoms with van der Waals surface area (Å²) in [5, 5.41) is 84.1. The van der Waals surface area contributed by atoms with Crippen LogP contribution < -0.4 is 10.6 Å². The Bertz CT molecular complexity index is 2220. The van der Waals surface area contributed by atoms with Crippen molar-refractivity contribution in [2.45, 2.75) is 189 Å². The SMILES string of the molecule is C=CCOCC(COC)OC.CCC(C)(C)C(=O)NC(CC(=O)O)C(=O)O.CCC(C)(C)C(=O)NC(CO)(CO)CO.CCC(C)(C)C(=O)OCCCC(=O)OC(CC(=O)O)(CC(=O)O)C(=O)O.CCN(CC)CC(COC)OC.CCOC(OCC)C(COC)OC.COCC(OC)C(=O)O. The number of likely N-dealkylation sites (N-methyl/N-ethyl adjacent to an activating group) is 1. The van der Waals surface area contributed by atoms with E-state index in [0.29, 0.717) is 65.5 Å². The number of amides is 2. The highest BCUT2D eigenvalue weighted by Crippen LogP contribution is 2.25. The number of carboxylic acids is 6. The Morgan fingerprint density at radius 2 is 0.990 bits per heavy atom. The number of ether oxygens (including phenoxy) is 13. The van der Waals surface area contributed by atoms with Gasteiger partial charge < -0.3 is 123 Å². The minimum absolute atomic E-state index is 0.0141. The first-order chi connectivity index (χ1) is 47.6. The fraction of sp³-hybridized carbons (Fsp3) is 0.821. The molecule has 0 aromatic rings. The molecule has 0 spiro atoms. The average molecular weight is 1490 g/mol. The van der Waals surface area contributed by atoms with E-state index in [4.69, 9.17) is 93.3 Å². The number of carboxylic acid groups (broad SMARTS) is 6. The molecule has 5 atom stereocenters. The number of carbonyl (C=O) groups is 10. The van der Waals surface area contributed by atoms with E-state index in [0.717, 1.165) is 19.6 Å². The number of aliphatic carboxylic acids is 6. The quantitative estimate of drug-likeness (QED) is 0.0180. The lowest BCUT2D eigenvalue weighted by molar-refractivity contribution is -0.206. The largest absolute Gasteiger partial charge is 0.481 e. The molecule has 35 heteroatoms. The molecule has 35 nitrogen and oxygen atoms in total. The Hall–Kier alpha value is -6.16. The zero-order chi connectivity index (χ0) is 80.9. The van der Waals surface area contributed by atoms with Crippen LogP contribution in [0.3, 0.4) is 0 Å². The molecule has 0 bridgehead atoms. The molecule has 0 aromatic carbocycles. The van der Waals surface area contributed by atoms with E-state index in [1.807, 2.05) is 27.7 Å². The van der Waals surface area contributed by atoms with E-state index < -0.39 is 132 Å². The number of hydrogen-bond acceptors (Lipinski definition) is 27. The predicted octanol–water partition coefficient (Wildman–Crippen LogP) is 3.40. The smallest absolute Gasteiger partial charge is 0.349 e. The van der Waals surface area contributed by atoms with Gasteiger partial charge in [-0.1, -0.05) is 68.4 Å². The van der Waals surface area contributed by atoms with Crippen LogP contribution in [0, 0.1) is 16.2 Å². The van der Waals surface area contributed by atoms with E-state index >= 15 is 0 Å². The summed E-state index contributed by atoms with van der Waals surface area (Å²) < 4.78 is 65.0. The van der Waals surface area contributed by atoms with Crippen LogP contribution in [0.1, 0.15) is 141 Å². The molecular weight excluding hydrogens is 1360 g/mol. The zero-order valence-corrected chi connectivity index (χ0v) is 64.4. The average Bonchev–Trinajstić information content (AvgIpc) is 0.834. The number of hydrogen-bond donors (Lipinski definition) is 11. The Balaban J connectivity index is -0.000000212. The fourth-order valence-electron chi connectivity index (χ4n) is 6.74. The van der Waals surface area contributed by atoms with Crippen molar-refractivity contribution in [2.75, 3.05) is 156 Å². The second-order valence-electron chi connectivity index (χ2n) is 24.0. The first kappa shape index (κ1) is 109. The van der Waals surface area contributed by atoms with Gasteiger partial charge in [0.1, 0.15) is 23.8 Å². The molecule has 0 fully saturated rings. The minimum atomic E-state index is -2.70. The number of aliphatic hydroxyl groups excluding tert-OH is 3. The van der Waals surface area contributed by atoms with Crippen molar-refractivity contribution < 1.29 is 155 Å². The van der Waals surface area contributed by atoms with E-state index in [9.17, 15) is 47.9 Å². The van der Waals surface area contributed by atoms with Gasteiger partial charge in [-0.2, -0.15) is 0 Å². The lowest BCUT2D eigenvalue weighted by atomic mass is 9.87. The second kappa shape index (κ2) is 64.4. The second-order valence-corrected chi connectivity index (χ2v) is 24.0. The molecule has 0 radical (unpaired) electrons. The Labute approximate surface area is 602 Å². The third-order valence-corrected chi connectivity index (χ3v) is 14.8. The van der Waals surface area contributed by atoms with Gasteiger partial charge >= 0.3 is 47.8 Å². The van der Waals surface area contributed by atoms with Gasteiger partial charge in [-0.25, -0.2) is 14.4 Å². The van der Waals surface area contributed by atoms with Crippen LogP contribution >= 0.6 is 0 Å². The molecule has 0 heterocycles. The molecule has 11 N–H and O–H groups in total. The first-order valence-corrected chi connectivity index (χ1v) is 33.0. The Morgan fingerprint density at radius 3 is 1.31 bits per heavy atom. The number of carbonyl (C=O) groups excluding carboxylic acids is 4. The van der Waals surface area contributed by atoms with E-state index in [-0.39, 0.29) is 56.6 Å². The van der Waals surface area contributed by atoms with Crippen LogP contribution in [0.2, 0.25) is 0 Å². The monoisotopic (exact) mass is 1490 g/mol. The summed E-state index contributed by atoms with van der Waals surface area (Å²) in [4.78, 5) is 113. The van der Waals surface area contributed by atoms with Gasteiger partial charge in [0, 0.05) is 93.9 Å². The minimum Gasteiger partial charge on any atom is -0.481 e. The van der Waals surface area contributed by atoms with Crippen LogP contribution in [-0.2, 0) is 110 Å². The summed E-state index contributed by atoms with van der Waals surface area (Å²) in [6.45, 7) is 33.0.